The molecular weight excluding hydrogens is 330 g/mol. The molecule has 1 aliphatic rings. The van der Waals surface area contributed by atoms with Crippen molar-refractivity contribution < 1.29 is 14.3 Å². The average molecular weight is 356 g/mol. The Morgan fingerprint density at radius 3 is 2.46 bits per heavy atom. The van der Waals surface area contributed by atoms with E-state index in [0.29, 0.717) is 12.2 Å². The summed E-state index contributed by atoms with van der Waals surface area (Å²) in [5, 5.41) is 2.89. The second-order valence-electron chi connectivity index (χ2n) is 6.05. The number of primary amides is 1. The third kappa shape index (κ3) is 6.76. The second-order valence-corrected chi connectivity index (χ2v) is 6.05. The van der Waals surface area contributed by atoms with E-state index in [1.54, 1.807) is 24.3 Å². The highest BCUT2D eigenvalue weighted by Crippen LogP contribution is 2.26. The average Bonchev–Trinajstić information content (AvgIpc) is 2.51. The van der Waals surface area contributed by atoms with Crippen molar-refractivity contribution in [2.45, 2.75) is 44.6 Å². The fourth-order valence-electron chi connectivity index (χ4n) is 2.84. The van der Waals surface area contributed by atoms with Gasteiger partial charge in [0.1, 0.15) is 5.75 Å². The van der Waals surface area contributed by atoms with Crippen LogP contribution in [0.3, 0.4) is 0 Å². The predicted molar refractivity (Wildman–Crippen MR) is 96.2 cm³/mol. The molecule has 2 amide bonds. The molecule has 2 rings (SSSR count). The van der Waals surface area contributed by atoms with Gasteiger partial charge in [0, 0.05) is 18.2 Å². The molecule has 2 unspecified atom stereocenters. The minimum atomic E-state index is -0.394. The van der Waals surface area contributed by atoms with Crippen LogP contribution in [0.25, 0.3) is 0 Å². The van der Waals surface area contributed by atoms with Gasteiger partial charge < -0.3 is 21.5 Å². The molecule has 0 radical (unpaired) electrons. The van der Waals surface area contributed by atoms with E-state index < -0.39 is 5.91 Å². The maximum absolute atomic E-state index is 12.1. The SMILES string of the molecule is Cl.NC(=O)CCOc1ccc(NC(=O)CC2CCCCC2N)cc1. The van der Waals surface area contributed by atoms with Gasteiger partial charge in [0.05, 0.1) is 13.0 Å². The van der Waals surface area contributed by atoms with E-state index in [1.807, 2.05) is 0 Å². The van der Waals surface area contributed by atoms with Crippen molar-refractivity contribution in [3.05, 3.63) is 24.3 Å². The molecule has 2 atom stereocenters. The van der Waals surface area contributed by atoms with Crippen LogP contribution in [0.5, 0.6) is 5.75 Å². The first-order valence-electron chi connectivity index (χ1n) is 8.11. The summed E-state index contributed by atoms with van der Waals surface area (Å²) in [7, 11) is 0. The third-order valence-corrected chi connectivity index (χ3v) is 4.17. The molecule has 7 heteroatoms. The van der Waals surface area contributed by atoms with Crippen LogP contribution < -0.4 is 21.5 Å². The van der Waals surface area contributed by atoms with Crippen molar-refractivity contribution in [2.75, 3.05) is 11.9 Å². The summed E-state index contributed by atoms with van der Waals surface area (Å²) in [5.41, 5.74) is 11.8. The molecule has 1 aromatic carbocycles. The van der Waals surface area contributed by atoms with E-state index in [2.05, 4.69) is 5.32 Å². The molecule has 1 aliphatic carbocycles. The molecule has 0 heterocycles. The Kier molecular flexibility index (Phi) is 8.57. The van der Waals surface area contributed by atoms with Gasteiger partial charge in [0.25, 0.3) is 0 Å². The van der Waals surface area contributed by atoms with Gasteiger partial charge in [0.2, 0.25) is 11.8 Å². The number of rotatable bonds is 7. The van der Waals surface area contributed by atoms with Gasteiger partial charge in [-0.05, 0) is 43.0 Å². The van der Waals surface area contributed by atoms with Crippen LogP contribution >= 0.6 is 12.4 Å². The molecule has 0 aromatic heterocycles. The highest BCUT2D eigenvalue weighted by atomic mass is 35.5. The first-order valence-corrected chi connectivity index (χ1v) is 8.11. The van der Waals surface area contributed by atoms with Crippen LogP contribution in [-0.2, 0) is 9.59 Å². The molecule has 24 heavy (non-hydrogen) atoms. The van der Waals surface area contributed by atoms with E-state index >= 15 is 0 Å². The van der Waals surface area contributed by atoms with Crippen molar-refractivity contribution in [2.24, 2.45) is 17.4 Å². The fourth-order valence-corrected chi connectivity index (χ4v) is 2.84. The minimum Gasteiger partial charge on any atom is -0.493 e. The number of carbonyl (C=O) groups is 2. The van der Waals surface area contributed by atoms with Crippen LogP contribution in [0.1, 0.15) is 38.5 Å². The van der Waals surface area contributed by atoms with Crippen LogP contribution in [-0.4, -0.2) is 24.5 Å². The molecule has 0 aliphatic heterocycles. The number of halogens is 1. The number of hydrogen-bond donors (Lipinski definition) is 3. The second kappa shape index (κ2) is 10.2. The fraction of sp³-hybridized carbons (Fsp3) is 0.529. The van der Waals surface area contributed by atoms with Gasteiger partial charge in [0.15, 0.2) is 0 Å². The summed E-state index contributed by atoms with van der Waals surface area (Å²) in [6, 6.07) is 7.19. The predicted octanol–water partition coefficient (Wildman–Crippen LogP) is 2.21. The normalized spacial score (nSPS) is 19.9. The highest BCUT2D eigenvalue weighted by molar-refractivity contribution is 5.90. The van der Waals surface area contributed by atoms with Crippen molar-refractivity contribution in [3.8, 4) is 5.75 Å². The Morgan fingerprint density at radius 1 is 1.17 bits per heavy atom. The lowest BCUT2D eigenvalue weighted by atomic mass is 9.83. The number of benzene rings is 1. The standard InChI is InChI=1S/C17H25N3O3.ClH/c18-15-4-2-1-3-12(15)11-17(22)20-13-5-7-14(8-6-13)23-10-9-16(19)21;/h5-8,12,15H,1-4,9-11,18H2,(H2,19,21)(H,20,22);1H. The largest absolute Gasteiger partial charge is 0.493 e. The van der Waals surface area contributed by atoms with Crippen molar-refractivity contribution in [3.63, 3.8) is 0 Å². The van der Waals surface area contributed by atoms with Gasteiger partial charge in [-0.25, -0.2) is 0 Å². The van der Waals surface area contributed by atoms with Gasteiger partial charge in [-0.3, -0.25) is 9.59 Å². The number of hydrogen-bond acceptors (Lipinski definition) is 4. The van der Waals surface area contributed by atoms with E-state index in [0.717, 1.165) is 31.4 Å². The summed E-state index contributed by atoms with van der Waals surface area (Å²) in [4.78, 5) is 22.7. The van der Waals surface area contributed by atoms with E-state index in [4.69, 9.17) is 16.2 Å². The van der Waals surface area contributed by atoms with Gasteiger partial charge >= 0.3 is 0 Å². The Bertz CT molecular complexity index is 536. The van der Waals surface area contributed by atoms with Gasteiger partial charge in [-0.15, -0.1) is 12.4 Å². The molecule has 0 spiro atoms. The number of nitrogens with one attached hydrogen (secondary N) is 1. The van der Waals surface area contributed by atoms with Crippen molar-refractivity contribution in [1.29, 1.82) is 0 Å². The summed E-state index contributed by atoms with van der Waals surface area (Å²) < 4.78 is 5.38. The van der Waals surface area contributed by atoms with E-state index in [-0.39, 0.29) is 43.3 Å². The lowest BCUT2D eigenvalue weighted by Gasteiger charge is -2.27. The maximum Gasteiger partial charge on any atom is 0.224 e. The first-order chi connectivity index (χ1) is 11.0. The van der Waals surface area contributed by atoms with E-state index in [1.165, 1.54) is 0 Å². The zero-order valence-electron chi connectivity index (χ0n) is 13.7. The topological polar surface area (TPSA) is 107 Å². The summed E-state index contributed by atoms with van der Waals surface area (Å²) in [6.45, 7) is 0.251. The lowest BCUT2D eigenvalue weighted by molar-refractivity contribution is -0.119. The monoisotopic (exact) mass is 355 g/mol. The highest BCUT2D eigenvalue weighted by Gasteiger charge is 2.24. The van der Waals surface area contributed by atoms with Crippen LogP contribution in [0, 0.1) is 5.92 Å². The smallest absolute Gasteiger partial charge is 0.224 e. The molecule has 0 bridgehead atoms. The zero-order chi connectivity index (χ0) is 16.7. The number of amides is 2. The Balaban J connectivity index is 0.00000288. The van der Waals surface area contributed by atoms with E-state index in [9.17, 15) is 9.59 Å². The minimum absolute atomic E-state index is 0. The Hall–Kier alpha value is -1.79. The Morgan fingerprint density at radius 2 is 1.83 bits per heavy atom. The summed E-state index contributed by atoms with van der Waals surface area (Å²) in [5.74, 6) is 0.517. The third-order valence-electron chi connectivity index (χ3n) is 4.17. The molecule has 1 aromatic rings. The van der Waals surface area contributed by atoms with Crippen LogP contribution in [0.4, 0.5) is 5.69 Å². The molecule has 6 nitrogen and oxygen atoms in total. The number of nitrogens with two attached hydrogens (primary N) is 2. The number of anilines is 1. The molecule has 1 fully saturated rings. The van der Waals surface area contributed by atoms with Gasteiger partial charge in [-0.2, -0.15) is 0 Å². The maximum atomic E-state index is 12.1. The van der Waals surface area contributed by atoms with Crippen molar-refractivity contribution in [1.82, 2.24) is 0 Å². The molecular formula is C17H26ClN3O3. The van der Waals surface area contributed by atoms with Crippen LogP contribution in [0.15, 0.2) is 24.3 Å². The number of ether oxygens (including phenoxy) is 1. The van der Waals surface area contributed by atoms with Gasteiger partial charge in [-0.1, -0.05) is 12.8 Å². The Labute approximate surface area is 148 Å². The first kappa shape index (κ1) is 20.3. The quantitative estimate of drug-likeness (QED) is 0.696. The zero-order valence-corrected chi connectivity index (χ0v) is 14.5. The molecule has 5 N–H and O–H groups in total. The summed E-state index contributed by atoms with van der Waals surface area (Å²) >= 11 is 0. The molecule has 134 valence electrons. The number of carbonyl (C=O) groups excluding carboxylic acids is 2. The molecule has 1 saturated carbocycles. The lowest BCUT2D eigenvalue weighted by Crippen LogP contribution is -2.35. The summed E-state index contributed by atoms with van der Waals surface area (Å²) in [6.07, 6.45) is 5.01. The van der Waals surface area contributed by atoms with Crippen LogP contribution in [0.2, 0.25) is 0 Å². The molecule has 0 saturated heterocycles. The van der Waals surface area contributed by atoms with Crippen molar-refractivity contribution >= 4 is 29.9 Å².